The van der Waals surface area contributed by atoms with Crippen molar-refractivity contribution in [2.75, 3.05) is 93.3 Å². The van der Waals surface area contributed by atoms with Crippen molar-refractivity contribution in [3.63, 3.8) is 0 Å². The highest BCUT2D eigenvalue weighted by molar-refractivity contribution is 4.59. The van der Waals surface area contributed by atoms with Gasteiger partial charge in [0.25, 0.3) is 0 Å². The minimum absolute atomic E-state index is 0.00935. The largest absolute Gasteiger partial charge is 0.495 e. The lowest BCUT2D eigenvalue weighted by Gasteiger charge is -2.26. The molecule has 2 atom stereocenters. The third-order valence-corrected chi connectivity index (χ3v) is 3.82. The van der Waals surface area contributed by atoms with Crippen LogP contribution in [0.25, 0.3) is 0 Å². The highest BCUT2D eigenvalue weighted by Gasteiger charge is 2.52. The van der Waals surface area contributed by atoms with Crippen LogP contribution in [0.4, 0.5) is 26.3 Å². The first-order valence-corrected chi connectivity index (χ1v) is 11.2. The van der Waals surface area contributed by atoms with Crippen LogP contribution in [0.5, 0.6) is 0 Å². The van der Waals surface area contributed by atoms with E-state index in [1.807, 2.05) is 19.0 Å². The molecule has 0 radical (unpaired) electrons. The second-order valence-electron chi connectivity index (χ2n) is 7.92. The number of alkyl halides is 6. The maximum absolute atomic E-state index is 13.5. The standard InChI is InChI=1S/C20H37F6NO10/c1-27(2)4-3-6-31-10-16(29)12-33-8-9-34-14-18(21,22)36-20(25,26)37-19(23,24)15-35-13-17(30)11-32-7-5-28/h16-17,28-30H,3-15H2,1-2H3. The van der Waals surface area contributed by atoms with Crippen molar-refractivity contribution in [3.8, 4) is 0 Å². The molecule has 0 aromatic rings. The van der Waals surface area contributed by atoms with Gasteiger partial charge in [-0.15, -0.1) is 8.78 Å². The average molecular weight is 566 g/mol. The van der Waals surface area contributed by atoms with Crippen LogP contribution in [0.2, 0.25) is 0 Å². The highest BCUT2D eigenvalue weighted by Crippen LogP contribution is 2.33. The van der Waals surface area contributed by atoms with E-state index in [1.165, 1.54) is 0 Å². The van der Waals surface area contributed by atoms with Gasteiger partial charge in [-0.25, -0.2) is 9.47 Å². The Morgan fingerprint density at radius 1 is 0.649 bits per heavy atom. The Morgan fingerprint density at radius 3 is 1.59 bits per heavy atom. The van der Waals surface area contributed by atoms with Gasteiger partial charge in [-0.05, 0) is 27.1 Å². The van der Waals surface area contributed by atoms with Gasteiger partial charge < -0.3 is 43.9 Å². The molecule has 0 aliphatic heterocycles. The van der Waals surface area contributed by atoms with Gasteiger partial charge in [0.15, 0.2) is 0 Å². The number of aliphatic hydroxyl groups is 3. The van der Waals surface area contributed by atoms with Gasteiger partial charge in [-0.2, -0.15) is 17.6 Å². The van der Waals surface area contributed by atoms with Crippen molar-refractivity contribution in [3.05, 3.63) is 0 Å². The number of hydrogen-bond acceptors (Lipinski definition) is 11. The summed E-state index contributed by atoms with van der Waals surface area (Å²) in [5, 5.41) is 27.5. The predicted octanol–water partition coefficient (Wildman–Crippen LogP) is 0.504. The Labute approximate surface area is 211 Å². The molecular formula is C20H37F6NO10. The average Bonchev–Trinajstić information content (AvgIpc) is 2.74. The number of nitrogens with zero attached hydrogens (tertiary/aromatic N) is 1. The van der Waals surface area contributed by atoms with E-state index >= 15 is 0 Å². The summed E-state index contributed by atoms with van der Waals surface area (Å²) < 4.78 is 111. The Balaban J connectivity index is 4.10. The zero-order valence-corrected chi connectivity index (χ0v) is 20.8. The fourth-order valence-electron chi connectivity index (χ4n) is 2.35. The van der Waals surface area contributed by atoms with Crippen LogP contribution < -0.4 is 0 Å². The molecule has 0 rings (SSSR count). The maximum atomic E-state index is 13.5. The maximum Gasteiger partial charge on any atom is 0.495 e. The molecule has 0 saturated carbocycles. The van der Waals surface area contributed by atoms with Crippen molar-refractivity contribution < 1.29 is 74.8 Å². The summed E-state index contributed by atoms with van der Waals surface area (Å²) in [6.45, 7) is -4.96. The van der Waals surface area contributed by atoms with Crippen molar-refractivity contribution in [1.82, 2.24) is 4.90 Å². The van der Waals surface area contributed by atoms with Crippen LogP contribution in [0, 0.1) is 0 Å². The quantitative estimate of drug-likeness (QED) is 0.0814. The minimum Gasteiger partial charge on any atom is -0.394 e. The van der Waals surface area contributed by atoms with Crippen molar-refractivity contribution in [2.24, 2.45) is 0 Å². The van der Waals surface area contributed by atoms with Gasteiger partial charge >= 0.3 is 18.5 Å². The first-order valence-electron chi connectivity index (χ1n) is 11.2. The fourth-order valence-corrected chi connectivity index (χ4v) is 2.35. The van der Waals surface area contributed by atoms with E-state index in [9.17, 15) is 36.6 Å². The monoisotopic (exact) mass is 565 g/mol. The van der Waals surface area contributed by atoms with Crippen molar-refractivity contribution >= 4 is 0 Å². The van der Waals surface area contributed by atoms with Crippen LogP contribution in [0.1, 0.15) is 6.42 Å². The second-order valence-corrected chi connectivity index (χ2v) is 7.92. The highest BCUT2D eigenvalue weighted by atomic mass is 19.3. The lowest BCUT2D eigenvalue weighted by atomic mass is 10.4. The van der Waals surface area contributed by atoms with Gasteiger partial charge in [0, 0.05) is 6.61 Å². The summed E-state index contributed by atoms with van der Waals surface area (Å²) in [7, 11) is 3.80. The van der Waals surface area contributed by atoms with Crippen LogP contribution >= 0.6 is 0 Å². The minimum atomic E-state index is -5.42. The number of aliphatic hydroxyl groups excluding tert-OH is 3. The van der Waals surface area contributed by atoms with Crippen molar-refractivity contribution in [2.45, 2.75) is 37.1 Å². The summed E-state index contributed by atoms with van der Waals surface area (Å²) in [6, 6.07) is 0. The van der Waals surface area contributed by atoms with E-state index in [0.29, 0.717) is 6.61 Å². The van der Waals surface area contributed by atoms with E-state index < -0.39 is 63.8 Å². The molecule has 0 bridgehead atoms. The SMILES string of the molecule is CN(C)CCCOCC(O)COCCOCC(F)(F)OC(F)(F)OC(F)(F)COCC(O)COCCO. The molecule has 0 heterocycles. The van der Waals surface area contributed by atoms with Gasteiger partial charge in [-0.1, -0.05) is 0 Å². The number of rotatable bonds is 25. The Kier molecular flexibility index (Phi) is 18.8. The number of hydrogen-bond donors (Lipinski definition) is 3. The Morgan fingerprint density at radius 2 is 1.08 bits per heavy atom. The van der Waals surface area contributed by atoms with Crippen LogP contribution in [-0.2, 0) is 33.2 Å². The van der Waals surface area contributed by atoms with E-state index in [-0.39, 0.29) is 33.0 Å². The zero-order chi connectivity index (χ0) is 28.4. The molecule has 37 heavy (non-hydrogen) atoms. The molecule has 2 unspecified atom stereocenters. The molecule has 0 aromatic carbocycles. The molecule has 0 spiro atoms. The molecule has 0 saturated heterocycles. The molecular weight excluding hydrogens is 528 g/mol. The van der Waals surface area contributed by atoms with Gasteiger partial charge in [0.1, 0.15) is 25.4 Å². The molecule has 0 amide bonds. The first-order chi connectivity index (χ1) is 17.2. The molecule has 0 aliphatic rings. The molecule has 0 fully saturated rings. The van der Waals surface area contributed by atoms with Gasteiger partial charge in [-0.3, -0.25) is 0 Å². The molecule has 224 valence electrons. The number of ether oxygens (including phenoxy) is 7. The third-order valence-electron chi connectivity index (χ3n) is 3.82. The summed E-state index contributed by atoms with van der Waals surface area (Å²) in [5.74, 6) is 0. The second kappa shape index (κ2) is 19.2. The van der Waals surface area contributed by atoms with Gasteiger partial charge in [0.05, 0.1) is 52.9 Å². The summed E-state index contributed by atoms with van der Waals surface area (Å²) in [4.78, 5) is 1.96. The topological polar surface area (TPSA) is 129 Å². The van der Waals surface area contributed by atoms with Crippen molar-refractivity contribution in [1.29, 1.82) is 0 Å². The molecule has 0 aromatic heterocycles. The molecule has 17 heteroatoms. The third kappa shape index (κ3) is 22.8. The van der Waals surface area contributed by atoms with E-state index in [1.54, 1.807) is 0 Å². The first kappa shape index (κ1) is 36.1. The van der Waals surface area contributed by atoms with E-state index in [2.05, 4.69) is 18.9 Å². The Hall–Kier alpha value is -0.860. The van der Waals surface area contributed by atoms with E-state index in [4.69, 9.17) is 19.3 Å². The van der Waals surface area contributed by atoms with Crippen LogP contribution in [-0.4, -0.2) is 144 Å². The summed E-state index contributed by atoms with van der Waals surface area (Å²) in [5.41, 5.74) is 0. The smallest absolute Gasteiger partial charge is 0.394 e. The number of halogens is 6. The Bertz CT molecular complexity index is 566. The molecule has 0 aliphatic carbocycles. The fraction of sp³-hybridized carbons (Fsp3) is 1.00. The summed E-state index contributed by atoms with van der Waals surface area (Å²) >= 11 is 0. The lowest BCUT2D eigenvalue weighted by Crippen LogP contribution is -2.44. The molecule has 3 N–H and O–H groups in total. The van der Waals surface area contributed by atoms with Crippen LogP contribution in [0.15, 0.2) is 0 Å². The van der Waals surface area contributed by atoms with E-state index in [0.717, 1.165) is 13.0 Å². The normalized spacial score (nSPS) is 14.9. The zero-order valence-electron chi connectivity index (χ0n) is 20.8. The van der Waals surface area contributed by atoms with Gasteiger partial charge in [0.2, 0.25) is 0 Å². The molecule has 11 nitrogen and oxygen atoms in total. The lowest BCUT2D eigenvalue weighted by molar-refractivity contribution is -0.518. The predicted molar refractivity (Wildman–Crippen MR) is 113 cm³/mol. The van der Waals surface area contributed by atoms with Crippen LogP contribution in [0.3, 0.4) is 0 Å². The summed E-state index contributed by atoms with van der Waals surface area (Å²) in [6.07, 6.45) is -16.5.